The van der Waals surface area contributed by atoms with Crippen LogP contribution in [0.1, 0.15) is 0 Å². The molecular weight excluding hydrogens is 348 g/mol. The van der Waals surface area contributed by atoms with E-state index in [9.17, 15) is 18.0 Å². The predicted molar refractivity (Wildman–Crippen MR) is 91.2 cm³/mol. The molecule has 0 saturated heterocycles. The molecule has 0 spiro atoms. The third-order valence-electron chi connectivity index (χ3n) is 3.51. The van der Waals surface area contributed by atoms with E-state index in [4.69, 9.17) is 0 Å². The van der Waals surface area contributed by atoms with Crippen molar-refractivity contribution in [1.82, 2.24) is 29.0 Å². The van der Waals surface area contributed by atoms with Crippen molar-refractivity contribution in [2.75, 3.05) is 26.4 Å². The molecule has 2 heterocycles. The molecule has 0 saturated carbocycles. The number of amides is 1. The van der Waals surface area contributed by atoms with E-state index in [1.165, 1.54) is 16.3 Å². The van der Waals surface area contributed by atoms with Gasteiger partial charge in [-0.1, -0.05) is 6.07 Å². The summed E-state index contributed by atoms with van der Waals surface area (Å²) in [6, 6.07) is 5.31. The highest BCUT2D eigenvalue weighted by Gasteiger charge is 2.16. The molecule has 0 aliphatic rings. The second-order valence-electron chi connectivity index (χ2n) is 5.47. The Balaban J connectivity index is 1.98. The van der Waals surface area contributed by atoms with Crippen molar-refractivity contribution < 1.29 is 13.2 Å². The van der Waals surface area contributed by atoms with E-state index >= 15 is 0 Å². The highest BCUT2D eigenvalue weighted by molar-refractivity contribution is 7.88. The first-order chi connectivity index (χ1) is 11.7. The lowest BCUT2D eigenvalue weighted by Crippen LogP contribution is -2.39. The number of carbonyl (C=O) groups excluding carboxylic acids is 1. The fourth-order valence-electron chi connectivity index (χ4n) is 2.03. The zero-order valence-electron chi connectivity index (χ0n) is 14.2. The van der Waals surface area contributed by atoms with Crippen LogP contribution in [-0.2, 0) is 28.4 Å². The van der Waals surface area contributed by atoms with Gasteiger partial charge in [0.1, 0.15) is 5.69 Å². The topological polar surface area (TPSA) is 119 Å². The monoisotopic (exact) mass is 368 g/mol. The Morgan fingerprint density at radius 3 is 2.68 bits per heavy atom. The maximum atomic E-state index is 12.2. The lowest BCUT2D eigenvalue weighted by atomic mass is 10.3. The van der Waals surface area contributed by atoms with Crippen molar-refractivity contribution in [1.29, 1.82) is 0 Å². The van der Waals surface area contributed by atoms with Crippen molar-refractivity contribution in [2.24, 2.45) is 7.05 Å². The summed E-state index contributed by atoms with van der Waals surface area (Å²) < 4.78 is 26.1. The van der Waals surface area contributed by atoms with Gasteiger partial charge in [-0.05, 0) is 12.1 Å². The number of hydrogen-bond acceptors (Lipinski definition) is 6. The number of nitrogens with zero attached hydrogens (tertiary/aromatic N) is 5. The van der Waals surface area contributed by atoms with Crippen LogP contribution in [0.3, 0.4) is 0 Å². The lowest BCUT2D eigenvalue weighted by Gasteiger charge is -2.13. The van der Waals surface area contributed by atoms with Crippen molar-refractivity contribution in [3.63, 3.8) is 0 Å². The van der Waals surface area contributed by atoms with Gasteiger partial charge in [0, 0.05) is 26.8 Å². The SMILES string of the molecule is CN(CC(=O)NCCn1nc(-c2ccccn2)n(C)c1=O)S(C)(=O)=O. The minimum atomic E-state index is -3.42. The standard InChI is InChI=1S/C14H20N6O4S/c1-18(25(3,23)24)10-12(21)16-8-9-20-14(22)19(2)13(17-20)11-6-4-5-7-15-11/h4-7H,8-10H2,1-3H3,(H,16,21). The highest BCUT2D eigenvalue weighted by Crippen LogP contribution is 2.10. The smallest absolute Gasteiger partial charge is 0.346 e. The zero-order valence-corrected chi connectivity index (χ0v) is 15.0. The fraction of sp³-hybridized carbons (Fsp3) is 0.429. The number of carbonyl (C=O) groups is 1. The van der Waals surface area contributed by atoms with E-state index in [-0.39, 0.29) is 25.3 Å². The van der Waals surface area contributed by atoms with Crippen LogP contribution >= 0.6 is 0 Å². The Kier molecular flexibility index (Phi) is 5.69. The van der Waals surface area contributed by atoms with Crippen LogP contribution < -0.4 is 11.0 Å². The molecule has 0 unspecified atom stereocenters. The number of nitrogens with one attached hydrogen (secondary N) is 1. The molecule has 10 nitrogen and oxygen atoms in total. The zero-order chi connectivity index (χ0) is 18.6. The molecule has 2 aromatic rings. The van der Waals surface area contributed by atoms with Gasteiger partial charge in [0.05, 0.1) is 19.3 Å². The molecule has 0 aliphatic carbocycles. The van der Waals surface area contributed by atoms with E-state index in [1.807, 2.05) is 0 Å². The number of hydrogen-bond donors (Lipinski definition) is 1. The maximum absolute atomic E-state index is 12.2. The average molecular weight is 368 g/mol. The van der Waals surface area contributed by atoms with Gasteiger partial charge in [-0.25, -0.2) is 17.9 Å². The van der Waals surface area contributed by atoms with E-state index < -0.39 is 15.9 Å². The number of rotatable bonds is 7. The minimum absolute atomic E-state index is 0.148. The summed E-state index contributed by atoms with van der Waals surface area (Å²) in [5.74, 6) is -0.0319. The molecule has 0 radical (unpaired) electrons. The highest BCUT2D eigenvalue weighted by atomic mass is 32.2. The largest absolute Gasteiger partial charge is 0.353 e. The van der Waals surface area contributed by atoms with Gasteiger partial charge in [0.2, 0.25) is 15.9 Å². The number of pyridine rings is 1. The third-order valence-corrected chi connectivity index (χ3v) is 4.77. The van der Waals surface area contributed by atoms with Gasteiger partial charge in [-0.2, -0.15) is 4.31 Å². The summed E-state index contributed by atoms with van der Waals surface area (Å²) in [5.41, 5.74) is 0.239. The lowest BCUT2D eigenvalue weighted by molar-refractivity contribution is -0.121. The third kappa shape index (κ3) is 4.73. The molecule has 25 heavy (non-hydrogen) atoms. The Morgan fingerprint density at radius 2 is 2.08 bits per heavy atom. The Labute approximate surface area is 145 Å². The Morgan fingerprint density at radius 1 is 1.36 bits per heavy atom. The summed E-state index contributed by atoms with van der Waals surface area (Å²) >= 11 is 0. The van der Waals surface area contributed by atoms with Crippen molar-refractivity contribution in [3.8, 4) is 11.5 Å². The average Bonchev–Trinajstić information content (AvgIpc) is 2.83. The summed E-state index contributed by atoms with van der Waals surface area (Å²) in [5, 5.41) is 6.78. The Hall–Kier alpha value is -2.53. The first-order valence-corrected chi connectivity index (χ1v) is 9.28. The second-order valence-corrected chi connectivity index (χ2v) is 7.56. The number of sulfonamides is 1. The molecular formula is C14H20N6O4S. The van der Waals surface area contributed by atoms with E-state index in [1.54, 1.807) is 31.4 Å². The summed E-state index contributed by atoms with van der Waals surface area (Å²) in [4.78, 5) is 28.1. The van der Waals surface area contributed by atoms with Crippen molar-refractivity contribution in [2.45, 2.75) is 6.54 Å². The van der Waals surface area contributed by atoms with Crippen LogP contribution in [-0.4, -0.2) is 64.4 Å². The molecule has 0 atom stereocenters. The van der Waals surface area contributed by atoms with Crippen LogP contribution in [0.25, 0.3) is 11.5 Å². The second kappa shape index (κ2) is 7.57. The molecule has 11 heteroatoms. The fourth-order valence-corrected chi connectivity index (χ4v) is 2.38. The molecule has 1 amide bonds. The van der Waals surface area contributed by atoms with Gasteiger partial charge >= 0.3 is 5.69 Å². The van der Waals surface area contributed by atoms with Crippen LogP contribution in [0.15, 0.2) is 29.2 Å². The summed E-state index contributed by atoms with van der Waals surface area (Å²) in [6.07, 6.45) is 2.63. The molecule has 136 valence electrons. The Bertz CT molecular complexity index is 903. The van der Waals surface area contributed by atoms with E-state index in [0.29, 0.717) is 11.5 Å². The number of aromatic nitrogens is 4. The van der Waals surface area contributed by atoms with Crippen molar-refractivity contribution in [3.05, 3.63) is 34.9 Å². The first kappa shape index (κ1) is 18.8. The molecule has 0 aromatic carbocycles. The van der Waals surface area contributed by atoms with E-state index in [2.05, 4.69) is 15.4 Å². The molecule has 2 rings (SSSR count). The molecule has 2 aromatic heterocycles. The normalized spacial score (nSPS) is 11.7. The van der Waals surface area contributed by atoms with Crippen LogP contribution in [0, 0.1) is 0 Å². The minimum Gasteiger partial charge on any atom is -0.353 e. The summed E-state index contributed by atoms with van der Waals surface area (Å²) in [6.45, 7) is 0.0258. The van der Waals surface area contributed by atoms with Gasteiger partial charge in [-0.15, -0.1) is 5.10 Å². The number of likely N-dealkylation sites (N-methyl/N-ethyl adjacent to an activating group) is 1. The predicted octanol–water partition coefficient (Wildman–Crippen LogP) is -1.35. The molecule has 0 fully saturated rings. The maximum Gasteiger partial charge on any atom is 0.346 e. The summed E-state index contributed by atoms with van der Waals surface area (Å²) in [7, 11) is -0.511. The molecule has 1 N–H and O–H groups in total. The molecule has 0 bridgehead atoms. The van der Waals surface area contributed by atoms with E-state index in [0.717, 1.165) is 10.6 Å². The molecule has 0 aliphatic heterocycles. The van der Waals surface area contributed by atoms with Crippen LogP contribution in [0.2, 0.25) is 0 Å². The van der Waals surface area contributed by atoms with Crippen molar-refractivity contribution >= 4 is 15.9 Å². The van der Waals surface area contributed by atoms with Gasteiger partial charge in [0.15, 0.2) is 5.82 Å². The van der Waals surface area contributed by atoms with Gasteiger partial charge < -0.3 is 5.32 Å². The van der Waals surface area contributed by atoms with Gasteiger partial charge in [0.25, 0.3) is 0 Å². The first-order valence-electron chi connectivity index (χ1n) is 7.43. The quantitative estimate of drug-likeness (QED) is 0.645. The van der Waals surface area contributed by atoms with Crippen LogP contribution in [0.5, 0.6) is 0 Å². The van der Waals surface area contributed by atoms with Gasteiger partial charge in [-0.3, -0.25) is 14.3 Å². The van der Waals surface area contributed by atoms with Crippen LogP contribution in [0.4, 0.5) is 0 Å².